The maximum absolute atomic E-state index is 11.4. The van der Waals surface area contributed by atoms with E-state index in [1.165, 1.54) is 27.7 Å². The Hall–Kier alpha value is -5.68. The predicted octanol–water partition coefficient (Wildman–Crippen LogP) is 2.80. The van der Waals surface area contributed by atoms with Crippen molar-refractivity contribution in [2.45, 2.75) is 58.5 Å². The Balaban J connectivity index is 1.79. The number of hydrogen-bond acceptors (Lipinski definition) is 16. The minimum atomic E-state index is -1.16. The molecule has 16 heteroatoms. The molecule has 0 aliphatic heterocycles. The molecule has 4 aromatic carbocycles. The van der Waals surface area contributed by atoms with Gasteiger partial charge in [-0.2, -0.15) is 0 Å². The van der Waals surface area contributed by atoms with Crippen molar-refractivity contribution in [2.75, 3.05) is 52.9 Å². The Morgan fingerprint density at radius 3 is 1.05 bits per heavy atom. The number of carbonyl (C=O) groups excluding carboxylic acids is 4. The van der Waals surface area contributed by atoms with Crippen molar-refractivity contribution in [3.8, 4) is 23.0 Å². The Bertz CT molecular complexity index is 1840. The third kappa shape index (κ3) is 14.4. The zero-order chi connectivity index (χ0) is 41.5. The second-order valence-corrected chi connectivity index (χ2v) is 13.1. The molecule has 0 spiro atoms. The van der Waals surface area contributed by atoms with Crippen LogP contribution < -0.4 is 18.9 Å². The van der Waals surface area contributed by atoms with Crippen molar-refractivity contribution in [3.63, 3.8) is 0 Å². The highest BCUT2D eigenvalue weighted by molar-refractivity contribution is 5.93. The first-order valence-corrected chi connectivity index (χ1v) is 18.1. The quantitative estimate of drug-likeness (QED) is 0.0663. The smallest absolute Gasteiger partial charge is 0.302 e. The zero-order valence-electron chi connectivity index (χ0n) is 32.1. The monoisotopic (exact) mass is 796 g/mol. The number of fused-ring (bicyclic) bond motifs is 2. The zero-order valence-corrected chi connectivity index (χ0v) is 32.1. The molecule has 0 aliphatic carbocycles. The summed E-state index contributed by atoms with van der Waals surface area (Å²) < 4.78 is 43.7. The average molecular weight is 797 g/mol. The van der Waals surface area contributed by atoms with Crippen LogP contribution in [-0.4, -0.2) is 122 Å². The molecule has 4 aromatic rings. The standard InChI is InChI=1S/C41H48O16/c1-24(42)50-16-30(46)20-54-34-9-5-28-7-11-40(56-22-32(48)18-52-26(3)44)38(36(28)13-34)15-39-37-14-35(55-21-31(47)17-51-25(2)43)10-6-29(37)8-12-41(39)57-23-33(49)19-53-27(4)45/h5-14,30-33,46-49H,15-23H2,1-4H3. The van der Waals surface area contributed by atoms with Crippen LogP contribution in [0.5, 0.6) is 23.0 Å². The molecular weight excluding hydrogens is 748 g/mol. The summed E-state index contributed by atoms with van der Waals surface area (Å²) in [7, 11) is 0. The van der Waals surface area contributed by atoms with E-state index >= 15 is 0 Å². The van der Waals surface area contributed by atoms with Gasteiger partial charge in [-0.25, -0.2) is 0 Å². The van der Waals surface area contributed by atoms with Crippen LogP contribution in [0.2, 0.25) is 0 Å². The van der Waals surface area contributed by atoms with Crippen LogP contribution in [0.4, 0.5) is 0 Å². The molecule has 308 valence electrons. The third-order valence-electron chi connectivity index (χ3n) is 8.14. The average Bonchev–Trinajstić information content (AvgIpc) is 3.17. The van der Waals surface area contributed by atoms with Gasteiger partial charge in [-0.15, -0.1) is 0 Å². The molecule has 0 heterocycles. The van der Waals surface area contributed by atoms with Crippen LogP contribution in [0.15, 0.2) is 60.7 Å². The lowest BCUT2D eigenvalue weighted by molar-refractivity contribution is -0.145. The first kappa shape index (κ1) is 44.0. The summed E-state index contributed by atoms with van der Waals surface area (Å²) in [4.78, 5) is 45.1. The summed E-state index contributed by atoms with van der Waals surface area (Å²) in [5.74, 6) is -0.732. The van der Waals surface area contributed by atoms with Gasteiger partial charge >= 0.3 is 23.9 Å². The fourth-order valence-corrected chi connectivity index (χ4v) is 5.48. The molecule has 0 aromatic heterocycles. The molecule has 0 radical (unpaired) electrons. The molecule has 0 saturated carbocycles. The maximum Gasteiger partial charge on any atom is 0.302 e. The van der Waals surface area contributed by atoms with E-state index in [9.17, 15) is 39.6 Å². The van der Waals surface area contributed by atoms with Gasteiger partial charge in [0.05, 0.1) is 0 Å². The van der Waals surface area contributed by atoms with Crippen molar-refractivity contribution in [2.24, 2.45) is 0 Å². The molecule has 0 fully saturated rings. The largest absolute Gasteiger partial charge is 0.491 e. The number of rotatable bonds is 22. The number of benzene rings is 4. The molecule has 16 nitrogen and oxygen atoms in total. The number of ether oxygens (including phenoxy) is 8. The van der Waals surface area contributed by atoms with Crippen LogP contribution in [0, 0.1) is 0 Å². The lowest BCUT2D eigenvalue weighted by atomic mass is 9.93. The van der Waals surface area contributed by atoms with E-state index < -0.39 is 48.3 Å². The lowest BCUT2D eigenvalue weighted by Crippen LogP contribution is -2.25. The van der Waals surface area contributed by atoms with E-state index in [2.05, 4.69) is 0 Å². The SMILES string of the molecule is CC(=O)OCC(O)COc1ccc2ccc(OCC(O)COC(C)=O)c(Cc3c(OCC(O)COC(C)=O)ccc4ccc(OCC(O)COC(C)=O)cc34)c2c1. The number of esters is 4. The Morgan fingerprint density at radius 1 is 0.439 bits per heavy atom. The second-order valence-electron chi connectivity index (χ2n) is 13.1. The van der Waals surface area contributed by atoms with Crippen molar-refractivity contribution in [1.29, 1.82) is 0 Å². The molecule has 4 unspecified atom stereocenters. The highest BCUT2D eigenvalue weighted by Crippen LogP contribution is 2.38. The van der Waals surface area contributed by atoms with Crippen LogP contribution in [0.25, 0.3) is 21.5 Å². The first-order valence-electron chi connectivity index (χ1n) is 18.1. The first-order chi connectivity index (χ1) is 27.2. The predicted molar refractivity (Wildman–Crippen MR) is 203 cm³/mol. The van der Waals surface area contributed by atoms with E-state index in [1.54, 1.807) is 36.4 Å². The molecule has 4 atom stereocenters. The summed E-state index contributed by atoms with van der Waals surface area (Å²) in [5.41, 5.74) is 1.22. The van der Waals surface area contributed by atoms with Crippen molar-refractivity contribution >= 4 is 45.4 Å². The molecule has 0 amide bonds. The van der Waals surface area contributed by atoms with Gasteiger partial charge in [0, 0.05) is 45.2 Å². The van der Waals surface area contributed by atoms with Crippen molar-refractivity contribution in [1.82, 2.24) is 0 Å². The van der Waals surface area contributed by atoms with Crippen LogP contribution >= 0.6 is 0 Å². The summed E-state index contributed by atoms with van der Waals surface area (Å²) in [6.45, 7) is 3.01. The van der Waals surface area contributed by atoms with Gasteiger partial charge in [-0.3, -0.25) is 19.2 Å². The summed E-state index contributed by atoms with van der Waals surface area (Å²) >= 11 is 0. The van der Waals surface area contributed by atoms with Crippen LogP contribution in [0.1, 0.15) is 38.8 Å². The van der Waals surface area contributed by atoms with Crippen LogP contribution in [0.3, 0.4) is 0 Å². The van der Waals surface area contributed by atoms with Crippen molar-refractivity contribution < 1.29 is 77.5 Å². The molecule has 0 saturated heterocycles. The molecular formula is C41H48O16. The Morgan fingerprint density at radius 2 is 0.737 bits per heavy atom. The van der Waals surface area contributed by atoms with E-state index in [0.717, 1.165) is 10.8 Å². The van der Waals surface area contributed by atoms with Gasteiger partial charge in [-0.1, -0.05) is 24.3 Å². The van der Waals surface area contributed by atoms with Crippen LogP contribution in [-0.2, 0) is 44.5 Å². The number of aliphatic hydroxyl groups excluding tert-OH is 4. The Labute approximate surface area is 328 Å². The minimum absolute atomic E-state index is 0.122. The van der Waals surface area contributed by atoms with Gasteiger partial charge in [-0.05, 0) is 57.9 Å². The second kappa shape index (κ2) is 21.6. The van der Waals surface area contributed by atoms with Gasteiger partial charge in [0.25, 0.3) is 0 Å². The van der Waals surface area contributed by atoms with Gasteiger partial charge in [0.2, 0.25) is 0 Å². The van der Waals surface area contributed by atoms with E-state index in [1.807, 2.05) is 24.3 Å². The van der Waals surface area contributed by atoms with Gasteiger partial charge < -0.3 is 58.3 Å². The lowest BCUT2D eigenvalue weighted by Gasteiger charge is -2.21. The normalized spacial score (nSPS) is 13.2. The molecule has 4 N–H and O–H groups in total. The highest BCUT2D eigenvalue weighted by Gasteiger charge is 2.20. The number of carbonyl (C=O) groups is 4. The molecule has 4 rings (SSSR count). The fourth-order valence-electron chi connectivity index (χ4n) is 5.48. The topological polar surface area (TPSA) is 223 Å². The summed E-state index contributed by atoms with van der Waals surface area (Å²) in [6.07, 6.45) is -4.38. The van der Waals surface area contributed by atoms with Gasteiger partial charge in [0.15, 0.2) is 0 Å². The third-order valence-corrected chi connectivity index (χ3v) is 8.14. The number of aliphatic hydroxyl groups is 4. The van der Waals surface area contributed by atoms with E-state index in [4.69, 9.17) is 37.9 Å². The molecule has 0 aliphatic rings. The Kier molecular flexibility index (Phi) is 16.7. The molecule has 57 heavy (non-hydrogen) atoms. The van der Waals surface area contributed by atoms with Crippen molar-refractivity contribution in [3.05, 3.63) is 71.8 Å². The highest BCUT2D eigenvalue weighted by atomic mass is 16.6. The minimum Gasteiger partial charge on any atom is -0.491 e. The maximum atomic E-state index is 11.4. The van der Waals surface area contributed by atoms with E-state index in [-0.39, 0.29) is 59.3 Å². The summed E-state index contributed by atoms with van der Waals surface area (Å²) in [5, 5.41) is 44.6. The number of hydrogen-bond donors (Lipinski definition) is 4. The fraction of sp³-hybridized carbons (Fsp3) is 0.415. The molecule has 0 bridgehead atoms. The van der Waals surface area contributed by atoms with Gasteiger partial charge in [0.1, 0.15) is 100 Å². The summed E-state index contributed by atoms with van der Waals surface area (Å²) in [6, 6.07) is 17.6. The van der Waals surface area contributed by atoms with E-state index in [0.29, 0.717) is 44.9 Å².